The van der Waals surface area contributed by atoms with E-state index in [0.717, 1.165) is 6.34 Å². The van der Waals surface area contributed by atoms with E-state index in [1.54, 1.807) is 0 Å². The van der Waals surface area contributed by atoms with Gasteiger partial charge in [0.25, 0.3) is 5.69 Å². The van der Waals surface area contributed by atoms with Gasteiger partial charge in [0.2, 0.25) is 0 Å². The van der Waals surface area contributed by atoms with Crippen molar-refractivity contribution in [2.24, 2.45) is 16.5 Å². The number of nitrogens with two attached hydrogens (primary N) is 2. The third-order valence-electron chi connectivity index (χ3n) is 1.55. The van der Waals surface area contributed by atoms with E-state index >= 15 is 0 Å². The summed E-state index contributed by atoms with van der Waals surface area (Å²) in [5.41, 5.74) is 10.2. The van der Waals surface area contributed by atoms with Crippen LogP contribution < -0.4 is 11.5 Å². The molecule has 0 aliphatic carbocycles. The normalized spacial score (nSPS) is 11.2. The molecule has 15 heavy (non-hydrogen) atoms. The summed E-state index contributed by atoms with van der Waals surface area (Å²) in [6.45, 7) is 0. The van der Waals surface area contributed by atoms with Crippen LogP contribution in [0.1, 0.15) is 5.69 Å². The third-order valence-corrected chi connectivity index (χ3v) is 1.55. The van der Waals surface area contributed by atoms with Crippen LogP contribution in [0.2, 0.25) is 0 Å². The monoisotopic (exact) mass is 207 g/mol. The summed E-state index contributed by atoms with van der Waals surface area (Å²) in [5.74, 6) is 0.288. The second-order valence-electron chi connectivity index (χ2n) is 2.47. The van der Waals surface area contributed by atoms with E-state index in [-0.39, 0.29) is 17.2 Å². The SMILES string of the molecule is NC=Nc1ccc([N+](=O)[O-])c(/C=C/N)n1. The smallest absolute Gasteiger partial charge is 0.295 e. The Kier molecular flexibility index (Phi) is 3.33. The Labute approximate surface area is 85.3 Å². The van der Waals surface area contributed by atoms with Crippen molar-refractivity contribution in [1.82, 2.24) is 4.98 Å². The minimum absolute atomic E-state index is 0.132. The quantitative estimate of drug-likeness (QED) is 0.324. The molecule has 0 unspecified atom stereocenters. The zero-order valence-corrected chi connectivity index (χ0v) is 7.70. The van der Waals surface area contributed by atoms with E-state index in [4.69, 9.17) is 11.5 Å². The first-order chi connectivity index (χ1) is 7.19. The summed E-state index contributed by atoms with van der Waals surface area (Å²) in [5, 5.41) is 10.6. The van der Waals surface area contributed by atoms with Crippen molar-refractivity contribution in [3.8, 4) is 0 Å². The molecule has 1 aromatic heterocycles. The topological polar surface area (TPSA) is 120 Å². The maximum absolute atomic E-state index is 10.6. The Hall–Kier alpha value is -2.44. The number of nitro groups is 1. The molecule has 0 saturated carbocycles. The van der Waals surface area contributed by atoms with Gasteiger partial charge in [0, 0.05) is 6.07 Å². The number of aliphatic imine (C=N–C) groups is 1. The van der Waals surface area contributed by atoms with Crippen molar-refractivity contribution in [3.05, 3.63) is 34.1 Å². The molecule has 7 heteroatoms. The summed E-state index contributed by atoms with van der Waals surface area (Å²) in [6, 6.07) is 2.69. The average molecular weight is 207 g/mol. The highest BCUT2D eigenvalue weighted by molar-refractivity contribution is 5.62. The largest absolute Gasteiger partial charge is 0.405 e. The maximum atomic E-state index is 10.6. The van der Waals surface area contributed by atoms with E-state index in [1.165, 1.54) is 24.4 Å². The molecule has 0 aromatic carbocycles. The van der Waals surface area contributed by atoms with Gasteiger partial charge in [0.15, 0.2) is 5.82 Å². The van der Waals surface area contributed by atoms with Crippen molar-refractivity contribution in [1.29, 1.82) is 0 Å². The number of aromatic nitrogens is 1. The Balaban J connectivity index is 3.26. The van der Waals surface area contributed by atoms with Gasteiger partial charge in [0.05, 0.1) is 11.3 Å². The molecule has 0 bridgehead atoms. The molecule has 0 saturated heterocycles. The highest BCUT2D eigenvalue weighted by Crippen LogP contribution is 2.21. The zero-order chi connectivity index (χ0) is 11.3. The molecule has 0 fully saturated rings. The number of hydrogen-bond acceptors (Lipinski definition) is 5. The van der Waals surface area contributed by atoms with Crippen LogP contribution in [0.3, 0.4) is 0 Å². The Morgan fingerprint density at radius 1 is 1.47 bits per heavy atom. The predicted octanol–water partition coefficient (Wildman–Crippen LogP) is 0.538. The van der Waals surface area contributed by atoms with Crippen LogP contribution in [0.15, 0.2) is 23.3 Å². The summed E-state index contributed by atoms with van der Waals surface area (Å²) < 4.78 is 0. The number of nitrogens with zero attached hydrogens (tertiary/aromatic N) is 3. The van der Waals surface area contributed by atoms with Crippen LogP contribution in [0.25, 0.3) is 6.08 Å². The summed E-state index contributed by atoms with van der Waals surface area (Å²) in [7, 11) is 0. The van der Waals surface area contributed by atoms with Gasteiger partial charge in [-0.3, -0.25) is 10.1 Å². The second kappa shape index (κ2) is 4.70. The van der Waals surface area contributed by atoms with Gasteiger partial charge in [0.1, 0.15) is 5.69 Å². The molecule has 0 aliphatic rings. The highest BCUT2D eigenvalue weighted by atomic mass is 16.6. The van der Waals surface area contributed by atoms with Crippen LogP contribution in [0, 0.1) is 10.1 Å². The van der Waals surface area contributed by atoms with Gasteiger partial charge in [-0.25, -0.2) is 9.98 Å². The first kappa shape index (κ1) is 10.6. The average Bonchev–Trinajstić information content (AvgIpc) is 2.18. The van der Waals surface area contributed by atoms with E-state index in [1.807, 2.05) is 0 Å². The molecular formula is C8H9N5O2. The molecular weight excluding hydrogens is 198 g/mol. The van der Waals surface area contributed by atoms with Crippen molar-refractivity contribution < 1.29 is 4.92 Å². The minimum Gasteiger partial charge on any atom is -0.405 e. The van der Waals surface area contributed by atoms with Crippen molar-refractivity contribution in [3.63, 3.8) is 0 Å². The summed E-state index contributed by atoms with van der Waals surface area (Å²) in [4.78, 5) is 17.6. The highest BCUT2D eigenvalue weighted by Gasteiger charge is 2.12. The second-order valence-corrected chi connectivity index (χ2v) is 2.47. The first-order valence-corrected chi connectivity index (χ1v) is 3.97. The molecule has 0 aliphatic heterocycles. The molecule has 78 valence electrons. The lowest BCUT2D eigenvalue weighted by atomic mass is 10.3. The fourth-order valence-electron chi connectivity index (χ4n) is 0.973. The van der Waals surface area contributed by atoms with Gasteiger partial charge >= 0.3 is 0 Å². The molecule has 0 atom stereocenters. The summed E-state index contributed by atoms with van der Waals surface area (Å²) >= 11 is 0. The standard InChI is InChI=1S/C8H9N5O2/c9-4-3-6-7(13(14)15)1-2-8(12-6)11-5-10/h1-5H,9H2,(H2,10,11,12)/b4-3+. The molecule has 1 aromatic rings. The van der Waals surface area contributed by atoms with E-state index < -0.39 is 4.92 Å². The van der Waals surface area contributed by atoms with Crippen molar-refractivity contribution in [2.45, 2.75) is 0 Å². The van der Waals surface area contributed by atoms with E-state index in [0.29, 0.717) is 0 Å². The van der Waals surface area contributed by atoms with Crippen LogP contribution in [0.5, 0.6) is 0 Å². The lowest BCUT2D eigenvalue weighted by molar-refractivity contribution is -0.385. The maximum Gasteiger partial charge on any atom is 0.295 e. The molecule has 1 rings (SSSR count). The number of pyridine rings is 1. The van der Waals surface area contributed by atoms with Crippen molar-refractivity contribution in [2.75, 3.05) is 0 Å². The fourth-order valence-corrected chi connectivity index (χ4v) is 0.973. The van der Waals surface area contributed by atoms with Crippen LogP contribution in [0.4, 0.5) is 11.5 Å². The van der Waals surface area contributed by atoms with E-state index in [9.17, 15) is 10.1 Å². The van der Waals surface area contributed by atoms with Gasteiger partial charge in [-0.15, -0.1) is 0 Å². The van der Waals surface area contributed by atoms with Crippen LogP contribution in [-0.4, -0.2) is 16.2 Å². The Morgan fingerprint density at radius 2 is 2.20 bits per heavy atom. The van der Waals surface area contributed by atoms with Gasteiger partial charge in [-0.05, 0) is 18.3 Å². The number of hydrogen-bond donors (Lipinski definition) is 2. The zero-order valence-electron chi connectivity index (χ0n) is 7.70. The molecule has 0 amide bonds. The Bertz CT molecular complexity index is 427. The molecule has 7 nitrogen and oxygen atoms in total. The molecule has 4 N–H and O–H groups in total. The van der Waals surface area contributed by atoms with Crippen molar-refractivity contribution >= 4 is 23.9 Å². The fraction of sp³-hybridized carbons (Fsp3) is 0. The van der Waals surface area contributed by atoms with Gasteiger partial charge in [-0.1, -0.05) is 0 Å². The third kappa shape index (κ3) is 2.50. The first-order valence-electron chi connectivity index (χ1n) is 3.97. The van der Waals surface area contributed by atoms with Gasteiger partial charge in [-0.2, -0.15) is 0 Å². The molecule has 1 heterocycles. The predicted molar refractivity (Wildman–Crippen MR) is 56.5 cm³/mol. The summed E-state index contributed by atoms with van der Waals surface area (Å²) in [6.07, 6.45) is 3.56. The lowest BCUT2D eigenvalue weighted by Crippen LogP contribution is -1.95. The molecule has 0 spiro atoms. The minimum atomic E-state index is -0.543. The van der Waals surface area contributed by atoms with Gasteiger partial charge < -0.3 is 11.5 Å². The Morgan fingerprint density at radius 3 is 2.73 bits per heavy atom. The van der Waals surface area contributed by atoms with Crippen LogP contribution in [-0.2, 0) is 0 Å². The van der Waals surface area contributed by atoms with E-state index in [2.05, 4.69) is 9.98 Å². The lowest BCUT2D eigenvalue weighted by Gasteiger charge is -1.97. The molecule has 0 radical (unpaired) electrons. The number of rotatable bonds is 3. The van der Waals surface area contributed by atoms with Crippen LogP contribution >= 0.6 is 0 Å².